The Morgan fingerprint density at radius 2 is 2.00 bits per heavy atom. The van der Waals surface area contributed by atoms with Crippen molar-refractivity contribution >= 4 is 18.3 Å². The molecule has 0 atom stereocenters. The molecule has 2 heterocycles. The number of halogens is 1. The van der Waals surface area contributed by atoms with Crippen LogP contribution in [0.5, 0.6) is 0 Å². The second-order valence-electron chi connectivity index (χ2n) is 6.13. The smallest absolute Gasteiger partial charge is 0.220 e. The average molecular weight is 349 g/mol. The summed E-state index contributed by atoms with van der Waals surface area (Å²) in [7, 11) is 0. The molecular formula is C18H25ClN4O. The van der Waals surface area contributed by atoms with Crippen molar-refractivity contribution in [3.63, 3.8) is 0 Å². The van der Waals surface area contributed by atoms with Crippen LogP contribution in [0, 0.1) is 5.92 Å². The highest BCUT2D eigenvalue weighted by molar-refractivity contribution is 5.85. The minimum Gasteiger partial charge on any atom is -0.352 e. The highest BCUT2D eigenvalue weighted by Gasteiger charge is 2.14. The summed E-state index contributed by atoms with van der Waals surface area (Å²) in [6, 6.07) is 10.00. The van der Waals surface area contributed by atoms with Gasteiger partial charge >= 0.3 is 0 Å². The number of nitrogens with one attached hydrogen (secondary N) is 2. The van der Waals surface area contributed by atoms with Gasteiger partial charge in [-0.25, -0.2) is 4.68 Å². The van der Waals surface area contributed by atoms with E-state index in [9.17, 15) is 4.79 Å². The maximum atomic E-state index is 12.0. The molecule has 1 amide bonds. The van der Waals surface area contributed by atoms with E-state index in [4.69, 9.17) is 0 Å². The molecule has 1 fully saturated rings. The predicted octanol–water partition coefficient (Wildman–Crippen LogP) is 2.69. The first-order valence-electron chi connectivity index (χ1n) is 8.37. The van der Waals surface area contributed by atoms with Crippen molar-refractivity contribution in [2.24, 2.45) is 5.92 Å². The Morgan fingerprint density at radius 1 is 1.25 bits per heavy atom. The van der Waals surface area contributed by atoms with E-state index in [1.54, 1.807) is 6.20 Å². The molecule has 0 radical (unpaired) electrons. The third kappa shape index (κ3) is 5.35. The van der Waals surface area contributed by atoms with Crippen LogP contribution in [-0.4, -0.2) is 28.8 Å². The van der Waals surface area contributed by atoms with E-state index in [0.29, 0.717) is 18.9 Å². The van der Waals surface area contributed by atoms with Crippen LogP contribution in [0.3, 0.4) is 0 Å². The number of aromatic nitrogens is 2. The van der Waals surface area contributed by atoms with Crippen molar-refractivity contribution in [3.05, 3.63) is 48.3 Å². The van der Waals surface area contributed by atoms with Crippen LogP contribution >= 0.6 is 12.4 Å². The van der Waals surface area contributed by atoms with Gasteiger partial charge in [-0.1, -0.05) is 12.1 Å². The maximum Gasteiger partial charge on any atom is 0.220 e. The third-order valence-corrected chi connectivity index (χ3v) is 4.43. The second kappa shape index (κ2) is 9.45. The molecule has 0 bridgehead atoms. The van der Waals surface area contributed by atoms with Gasteiger partial charge < -0.3 is 10.6 Å². The Hall–Kier alpha value is -1.85. The number of piperidine rings is 1. The highest BCUT2D eigenvalue weighted by atomic mass is 35.5. The lowest BCUT2D eigenvalue weighted by Gasteiger charge is -2.22. The summed E-state index contributed by atoms with van der Waals surface area (Å²) in [5.41, 5.74) is 2.13. The Bertz CT molecular complexity index is 606. The van der Waals surface area contributed by atoms with Crippen molar-refractivity contribution in [1.82, 2.24) is 20.4 Å². The van der Waals surface area contributed by atoms with Crippen LogP contribution in [0.2, 0.25) is 0 Å². The second-order valence-corrected chi connectivity index (χ2v) is 6.13. The fourth-order valence-corrected chi connectivity index (χ4v) is 2.98. The number of carbonyl (C=O) groups is 1. The molecular weight excluding hydrogens is 324 g/mol. The van der Waals surface area contributed by atoms with Crippen molar-refractivity contribution < 1.29 is 4.79 Å². The molecule has 1 saturated heterocycles. The van der Waals surface area contributed by atoms with Crippen molar-refractivity contribution in [2.45, 2.75) is 32.2 Å². The van der Waals surface area contributed by atoms with Crippen LogP contribution in [0.25, 0.3) is 5.69 Å². The van der Waals surface area contributed by atoms with E-state index in [1.165, 1.54) is 12.8 Å². The number of hydrogen-bond acceptors (Lipinski definition) is 3. The fraction of sp³-hybridized carbons (Fsp3) is 0.444. The van der Waals surface area contributed by atoms with E-state index in [1.807, 2.05) is 41.2 Å². The molecule has 1 aliphatic rings. The Labute approximate surface area is 149 Å². The van der Waals surface area contributed by atoms with Gasteiger partial charge in [-0.15, -0.1) is 12.4 Å². The standard InChI is InChI=1S/C18H24N4O.ClH/c23-18(7-4-15-8-11-19-12-9-15)20-14-16-2-5-17(6-3-16)22-13-1-10-21-22;/h1-3,5-6,10,13,15,19H,4,7-9,11-12,14H2,(H,20,23);1H. The molecule has 0 spiro atoms. The highest BCUT2D eigenvalue weighted by Crippen LogP contribution is 2.17. The SMILES string of the molecule is Cl.O=C(CCC1CCNCC1)NCc1ccc(-n2cccn2)cc1. The van der Waals surface area contributed by atoms with E-state index >= 15 is 0 Å². The van der Waals surface area contributed by atoms with Crippen LogP contribution < -0.4 is 10.6 Å². The van der Waals surface area contributed by atoms with Crippen LogP contribution in [0.15, 0.2) is 42.7 Å². The summed E-state index contributed by atoms with van der Waals surface area (Å²) in [5, 5.41) is 10.6. The molecule has 1 aliphatic heterocycles. The van der Waals surface area contributed by atoms with E-state index in [-0.39, 0.29) is 18.3 Å². The fourth-order valence-electron chi connectivity index (χ4n) is 2.98. The summed E-state index contributed by atoms with van der Waals surface area (Å²) in [6.07, 6.45) is 7.71. The molecule has 130 valence electrons. The molecule has 2 aromatic rings. The van der Waals surface area contributed by atoms with Gasteiger partial charge in [0.2, 0.25) is 5.91 Å². The summed E-state index contributed by atoms with van der Waals surface area (Å²) in [5.74, 6) is 0.857. The van der Waals surface area contributed by atoms with Gasteiger partial charge in [0, 0.05) is 25.4 Å². The Morgan fingerprint density at radius 3 is 2.67 bits per heavy atom. The Balaban J connectivity index is 0.00000208. The molecule has 1 aromatic carbocycles. The number of carbonyl (C=O) groups excluding carboxylic acids is 1. The topological polar surface area (TPSA) is 59.0 Å². The largest absolute Gasteiger partial charge is 0.352 e. The van der Waals surface area contributed by atoms with Gasteiger partial charge in [-0.05, 0) is 62.0 Å². The minimum absolute atomic E-state index is 0. The summed E-state index contributed by atoms with van der Waals surface area (Å²) < 4.78 is 1.82. The minimum atomic E-state index is 0. The number of benzene rings is 1. The zero-order chi connectivity index (χ0) is 15.9. The first-order valence-corrected chi connectivity index (χ1v) is 8.37. The molecule has 24 heavy (non-hydrogen) atoms. The van der Waals surface area contributed by atoms with E-state index < -0.39 is 0 Å². The molecule has 5 nitrogen and oxygen atoms in total. The molecule has 1 aromatic heterocycles. The molecule has 3 rings (SSSR count). The molecule has 0 aliphatic carbocycles. The zero-order valence-electron chi connectivity index (χ0n) is 13.8. The summed E-state index contributed by atoms with van der Waals surface area (Å²) >= 11 is 0. The number of amides is 1. The van der Waals surface area contributed by atoms with Crippen molar-refractivity contribution in [3.8, 4) is 5.69 Å². The number of nitrogens with zero attached hydrogens (tertiary/aromatic N) is 2. The Kier molecular flexibility index (Phi) is 7.28. The van der Waals surface area contributed by atoms with Crippen molar-refractivity contribution in [2.75, 3.05) is 13.1 Å². The van der Waals surface area contributed by atoms with Gasteiger partial charge in [0.05, 0.1) is 5.69 Å². The van der Waals surface area contributed by atoms with Crippen molar-refractivity contribution in [1.29, 1.82) is 0 Å². The maximum absolute atomic E-state index is 12.0. The van der Waals surface area contributed by atoms with Crippen LogP contribution in [-0.2, 0) is 11.3 Å². The van der Waals surface area contributed by atoms with Crippen LogP contribution in [0.4, 0.5) is 0 Å². The first-order chi connectivity index (χ1) is 11.3. The van der Waals surface area contributed by atoms with E-state index in [0.717, 1.165) is 30.8 Å². The number of hydrogen-bond donors (Lipinski definition) is 2. The third-order valence-electron chi connectivity index (χ3n) is 4.43. The van der Waals surface area contributed by atoms with Gasteiger partial charge in [0.25, 0.3) is 0 Å². The van der Waals surface area contributed by atoms with Gasteiger partial charge in [0.15, 0.2) is 0 Å². The lowest BCUT2D eigenvalue weighted by molar-refractivity contribution is -0.121. The monoisotopic (exact) mass is 348 g/mol. The number of rotatable bonds is 6. The molecule has 6 heteroatoms. The normalized spacial score (nSPS) is 14.8. The molecule has 0 unspecified atom stereocenters. The predicted molar refractivity (Wildman–Crippen MR) is 97.5 cm³/mol. The van der Waals surface area contributed by atoms with E-state index in [2.05, 4.69) is 15.7 Å². The van der Waals surface area contributed by atoms with Gasteiger partial charge in [-0.3, -0.25) is 4.79 Å². The molecule has 0 saturated carbocycles. The summed E-state index contributed by atoms with van der Waals surface area (Å²) in [6.45, 7) is 2.77. The van der Waals surface area contributed by atoms with Gasteiger partial charge in [-0.2, -0.15) is 5.10 Å². The van der Waals surface area contributed by atoms with Crippen LogP contribution in [0.1, 0.15) is 31.2 Å². The lowest BCUT2D eigenvalue weighted by Crippen LogP contribution is -2.29. The summed E-state index contributed by atoms with van der Waals surface area (Å²) in [4.78, 5) is 12.0. The quantitative estimate of drug-likeness (QED) is 0.843. The first kappa shape index (κ1) is 18.5. The zero-order valence-corrected chi connectivity index (χ0v) is 14.6. The average Bonchev–Trinajstić information content (AvgIpc) is 3.14. The van der Waals surface area contributed by atoms with Gasteiger partial charge in [0.1, 0.15) is 0 Å². The molecule has 2 N–H and O–H groups in total. The lowest BCUT2D eigenvalue weighted by atomic mass is 9.93.